The minimum Gasteiger partial charge on any atom is -0.381 e. The fourth-order valence-corrected chi connectivity index (χ4v) is 5.59. The summed E-state index contributed by atoms with van der Waals surface area (Å²) in [4.78, 5) is 24.8. The Morgan fingerprint density at radius 1 is 1.05 bits per heavy atom. The summed E-state index contributed by atoms with van der Waals surface area (Å²) in [5, 5.41) is 0. The van der Waals surface area contributed by atoms with E-state index in [2.05, 4.69) is 9.97 Å². The smallest absolute Gasteiger partial charge is 0.253 e. The largest absolute Gasteiger partial charge is 0.381 e. The molecule has 1 fully saturated rings. The first kappa shape index (κ1) is 25.2. The van der Waals surface area contributed by atoms with Crippen molar-refractivity contribution in [2.75, 3.05) is 26.5 Å². The van der Waals surface area contributed by atoms with Crippen molar-refractivity contribution in [1.82, 2.24) is 14.9 Å². The van der Waals surface area contributed by atoms with Crippen LogP contribution in [-0.4, -0.2) is 57.5 Å². The summed E-state index contributed by atoms with van der Waals surface area (Å²) < 4.78 is 32.2. The van der Waals surface area contributed by atoms with Gasteiger partial charge in [-0.2, -0.15) is 0 Å². The highest BCUT2D eigenvalue weighted by Gasteiger charge is 2.25. The van der Waals surface area contributed by atoms with Gasteiger partial charge in [0.1, 0.15) is 5.82 Å². The lowest BCUT2D eigenvalue weighted by atomic mass is 9.97. The van der Waals surface area contributed by atoms with Crippen LogP contribution >= 0.6 is 0 Å². The molecular formula is C29H28FN3O3S. The Morgan fingerprint density at radius 3 is 2.49 bits per heavy atom. The molecule has 5 rings (SSSR count). The third kappa shape index (κ3) is 5.31. The summed E-state index contributed by atoms with van der Waals surface area (Å²) in [7, 11) is 0.608. The Labute approximate surface area is 218 Å². The molecular weight excluding hydrogens is 489 g/mol. The summed E-state index contributed by atoms with van der Waals surface area (Å²) in [5.74, 6) is 0.127. The first-order valence-corrected chi connectivity index (χ1v) is 13.8. The zero-order chi connectivity index (χ0) is 25.9. The molecule has 1 aliphatic heterocycles. The van der Waals surface area contributed by atoms with Gasteiger partial charge in [-0.05, 0) is 48.2 Å². The van der Waals surface area contributed by atoms with E-state index in [0.29, 0.717) is 47.1 Å². The highest BCUT2D eigenvalue weighted by Crippen LogP contribution is 2.32. The summed E-state index contributed by atoms with van der Waals surface area (Å²) in [6.45, 7) is 1.32. The number of amides is 1. The van der Waals surface area contributed by atoms with E-state index in [1.807, 2.05) is 37.4 Å². The number of allylic oxidation sites excluding steroid dienone is 3. The second-order valence-electron chi connectivity index (χ2n) is 9.26. The third-order valence-corrected chi connectivity index (χ3v) is 7.90. The SMILES string of the molecule is CN(C(=O)c1ccc2c(c1)CC(c1ncc(-c3ccccc3F)cn1)=CC=C2S(C)=O)C1CCOCC1. The summed E-state index contributed by atoms with van der Waals surface area (Å²) in [6, 6.07) is 12.2. The number of nitrogens with zero attached hydrogens (tertiary/aromatic N) is 3. The second-order valence-corrected chi connectivity index (χ2v) is 10.6. The van der Waals surface area contributed by atoms with E-state index in [1.165, 1.54) is 6.07 Å². The van der Waals surface area contributed by atoms with E-state index < -0.39 is 10.8 Å². The molecule has 2 aliphatic rings. The van der Waals surface area contributed by atoms with E-state index in [-0.39, 0.29) is 17.8 Å². The summed E-state index contributed by atoms with van der Waals surface area (Å²) >= 11 is 0. The number of ether oxygens (including phenoxy) is 1. The molecule has 2 heterocycles. The number of benzene rings is 2. The monoisotopic (exact) mass is 517 g/mol. The molecule has 6 nitrogen and oxygen atoms in total. The van der Waals surface area contributed by atoms with Gasteiger partial charge in [0.05, 0.1) is 10.8 Å². The molecule has 1 amide bonds. The fraction of sp³-hybridized carbons (Fsp3) is 0.276. The van der Waals surface area contributed by atoms with Crippen LogP contribution < -0.4 is 0 Å². The Hall–Kier alpha value is -3.49. The number of fused-ring (bicyclic) bond motifs is 1. The van der Waals surface area contributed by atoms with Gasteiger partial charge >= 0.3 is 0 Å². The summed E-state index contributed by atoms with van der Waals surface area (Å²) in [6.07, 6.45) is 10.7. The molecule has 37 heavy (non-hydrogen) atoms. The lowest BCUT2D eigenvalue weighted by Crippen LogP contribution is -2.40. The van der Waals surface area contributed by atoms with Crippen molar-refractivity contribution in [2.45, 2.75) is 25.3 Å². The maximum absolute atomic E-state index is 14.2. The molecule has 190 valence electrons. The quantitative estimate of drug-likeness (QED) is 0.482. The highest BCUT2D eigenvalue weighted by atomic mass is 32.2. The van der Waals surface area contributed by atoms with Gasteiger partial charge in [-0.3, -0.25) is 9.00 Å². The Bertz CT molecular complexity index is 1410. The average molecular weight is 518 g/mol. The van der Waals surface area contributed by atoms with Crippen LogP contribution in [0, 0.1) is 5.82 Å². The van der Waals surface area contributed by atoms with Crippen LogP contribution in [0.5, 0.6) is 0 Å². The second kappa shape index (κ2) is 10.9. The molecule has 0 spiro atoms. The van der Waals surface area contributed by atoms with Crippen LogP contribution in [0.15, 0.2) is 67.0 Å². The van der Waals surface area contributed by atoms with Crippen molar-refractivity contribution in [3.05, 3.63) is 95.3 Å². The van der Waals surface area contributed by atoms with Crippen molar-refractivity contribution in [3.63, 3.8) is 0 Å². The molecule has 0 saturated carbocycles. The van der Waals surface area contributed by atoms with Crippen LogP contribution in [0.25, 0.3) is 21.6 Å². The number of carbonyl (C=O) groups excluding carboxylic acids is 1. The lowest BCUT2D eigenvalue weighted by molar-refractivity contribution is 0.0362. The predicted molar refractivity (Wildman–Crippen MR) is 144 cm³/mol. The van der Waals surface area contributed by atoms with Crippen molar-refractivity contribution in [2.24, 2.45) is 0 Å². The van der Waals surface area contributed by atoms with E-state index in [9.17, 15) is 13.4 Å². The molecule has 0 N–H and O–H groups in total. The third-order valence-electron chi connectivity index (χ3n) is 6.93. The van der Waals surface area contributed by atoms with Gasteiger partial charge in [-0.15, -0.1) is 0 Å². The molecule has 8 heteroatoms. The molecule has 3 aromatic rings. The molecule has 1 aromatic heterocycles. The Kier molecular flexibility index (Phi) is 7.39. The molecule has 1 aliphatic carbocycles. The van der Waals surface area contributed by atoms with Crippen LogP contribution in [0.2, 0.25) is 0 Å². The predicted octanol–water partition coefficient (Wildman–Crippen LogP) is 4.89. The Morgan fingerprint density at radius 2 is 1.78 bits per heavy atom. The first-order valence-electron chi connectivity index (χ1n) is 12.2. The topological polar surface area (TPSA) is 72.4 Å². The zero-order valence-corrected chi connectivity index (χ0v) is 21.6. The van der Waals surface area contributed by atoms with E-state index in [4.69, 9.17) is 4.74 Å². The van der Waals surface area contributed by atoms with Crippen molar-refractivity contribution in [3.8, 4) is 11.1 Å². The van der Waals surface area contributed by atoms with Crippen LogP contribution in [0.1, 0.15) is 40.2 Å². The number of hydrogen-bond donors (Lipinski definition) is 0. The van der Waals surface area contributed by atoms with Gasteiger partial charge in [0.15, 0.2) is 5.82 Å². The van der Waals surface area contributed by atoms with Crippen LogP contribution in [0.4, 0.5) is 4.39 Å². The van der Waals surface area contributed by atoms with E-state index in [1.54, 1.807) is 41.7 Å². The van der Waals surface area contributed by atoms with Gasteiger partial charge in [0.25, 0.3) is 5.91 Å². The summed E-state index contributed by atoms with van der Waals surface area (Å²) in [5.41, 5.74) is 4.18. The van der Waals surface area contributed by atoms with Gasteiger partial charge in [-0.25, -0.2) is 14.4 Å². The minimum absolute atomic E-state index is 0.0434. The molecule has 1 saturated heterocycles. The number of halogens is 1. The minimum atomic E-state index is -1.23. The molecule has 0 bridgehead atoms. The molecule has 1 unspecified atom stereocenters. The van der Waals surface area contributed by atoms with Crippen LogP contribution in [0.3, 0.4) is 0 Å². The number of hydrogen-bond acceptors (Lipinski definition) is 5. The van der Waals surface area contributed by atoms with Gasteiger partial charge in [0, 0.05) is 78.5 Å². The molecule has 2 aromatic carbocycles. The van der Waals surface area contributed by atoms with Gasteiger partial charge < -0.3 is 9.64 Å². The maximum atomic E-state index is 14.2. The number of rotatable bonds is 5. The van der Waals surface area contributed by atoms with Crippen LogP contribution in [-0.2, 0) is 22.0 Å². The van der Waals surface area contributed by atoms with E-state index in [0.717, 1.165) is 29.5 Å². The number of aromatic nitrogens is 2. The number of carbonyl (C=O) groups is 1. The average Bonchev–Trinajstić information content (AvgIpc) is 3.12. The normalized spacial score (nSPS) is 16.7. The fourth-order valence-electron chi connectivity index (χ4n) is 4.82. The molecule has 0 radical (unpaired) electrons. The molecule has 1 atom stereocenters. The lowest BCUT2D eigenvalue weighted by Gasteiger charge is -2.31. The highest BCUT2D eigenvalue weighted by molar-refractivity contribution is 7.93. The first-order chi connectivity index (χ1) is 17.9. The van der Waals surface area contributed by atoms with Crippen molar-refractivity contribution < 1.29 is 18.1 Å². The van der Waals surface area contributed by atoms with Gasteiger partial charge in [-0.1, -0.05) is 30.3 Å². The van der Waals surface area contributed by atoms with Crippen molar-refractivity contribution >= 4 is 27.2 Å². The maximum Gasteiger partial charge on any atom is 0.253 e. The zero-order valence-electron chi connectivity index (χ0n) is 20.8. The van der Waals surface area contributed by atoms with E-state index >= 15 is 0 Å². The Balaban J connectivity index is 1.46. The standard InChI is InChI=1S/C29H28FN3O3S/c1-33(23-11-13-36-14-12-23)29(34)20-7-9-25-21(16-20)15-19(8-10-27(25)37(2)35)28-31-17-22(18-32-28)24-5-3-4-6-26(24)30/h3-10,16-18,23H,11-15H2,1-2H3. The van der Waals surface area contributed by atoms with Crippen molar-refractivity contribution in [1.29, 1.82) is 0 Å². The van der Waals surface area contributed by atoms with Gasteiger partial charge in [0.2, 0.25) is 0 Å².